The number of benzene rings is 2. The predicted molar refractivity (Wildman–Crippen MR) is 431 cm³/mol. The highest BCUT2D eigenvalue weighted by Gasteiger charge is 2.44. The molecule has 5 rings (SSSR count). The number of anilines is 1. The quantitative estimate of drug-likeness (QED) is 0.0224. The number of nitrogens with one attached hydrogen (secondary N) is 7. The number of thiazole rings is 1. The van der Waals surface area contributed by atoms with Gasteiger partial charge in [-0.05, 0) is 86.0 Å². The number of primary amides is 1. The van der Waals surface area contributed by atoms with Crippen molar-refractivity contribution in [3.05, 3.63) is 94.2 Å². The van der Waals surface area contributed by atoms with Gasteiger partial charge < -0.3 is 90.6 Å². The molecule has 2 aromatic heterocycles. The highest BCUT2D eigenvalue weighted by Crippen LogP contribution is 2.31. The molecule has 1 aliphatic heterocycles. The molecule has 1 aliphatic rings. The van der Waals surface area contributed by atoms with Crippen molar-refractivity contribution in [2.75, 3.05) is 113 Å². The number of ether oxygens (including phenoxy) is 8. The Labute approximate surface area is 676 Å². The first-order valence-electron chi connectivity index (χ1n) is 39.5. The smallest absolute Gasteiger partial charge is 0.410 e. The third-order valence-electron chi connectivity index (χ3n) is 19.7. The third-order valence-corrected chi connectivity index (χ3v) is 20.6. The SMILES string of the molecule is CCC(C)C(C(CC(=O)N1CCCC1C(OC)C(C)C(=O)NC(Cc1ccccc1)c1nccs1)OC)N(C)C(=O)C(NC(=O)C(C(C)C)N(C)C(=O)OCc1ccc(NC(=O)C(CCCNC(N)=O)NC(C)=O)cc1)C(C)C.CNC(=O)CCOCCOCCOCCOCCn1cc(COCCC(=O)NC(C)C(C)C)nn1. The van der Waals surface area contributed by atoms with Crippen LogP contribution in [0.2, 0.25) is 0 Å². The lowest BCUT2D eigenvalue weighted by molar-refractivity contribution is -0.148. The number of urea groups is 1. The van der Waals surface area contributed by atoms with Crippen molar-refractivity contribution in [3.8, 4) is 0 Å². The number of amides is 11. The van der Waals surface area contributed by atoms with E-state index in [1.807, 2.05) is 77.3 Å². The standard InChI is InChI=1S/C57H86N10O11S.C23H43N5O7/c1-13-36(6)49(45(76-11)32-46(69)67-29-18-22-44(67)50(77-12)37(7)51(70)63-43(54-59-28-30-79-54)31-39-19-15-14-16-20-39)65(9)55(73)47(34(2)3)64-53(72)48(35(4)5)66(10)57(75)78-33-40-23-25-41(26-24-40)62-52(71)42(61-38(8)68)21-17-27-60-56(58)74;1-19(2)20(3)25-23(30)6-9-35-18-21-17-28(27-26-21)7-10-32-12-14-34-16-15-33-13-11-31-8-5-22(29)24-4/h14-16,19-20,23-26,28,30,34-37,42-45,47-50H,13,17-18,21-22,27,29,31-33H2,1-12H3,(H,61,68)(H,62,71)(H,63,70)(H,64,72)(H3,58,60,74);17,19-20H,5-16,18H2,1-4H3,(H,24,29)(H,25,30). The molecule has 11 atom stereocenters. The Balaban J connectivity index is 0.000000652. The van der Waals surface area contributed by atoms with Crippen molar-refractivity contribution in [1.82, 2.24) is 66.6 Å². The molecule has 0 aliphatic carbocycles. The van der Waals surface area contributed by atoms with Crippen molar-refractivity contribution in [3.63, 3.8) is 0 Å². The fourth-order valence-corrected chi connectivity index (χ4v) is 13.5. The van der Waals surface area contributed by atoms with E-state index in [1.165, 1.54) is 37.3 Å². The number of carbonyl (C=O) groups excluding carboxylic acids is 10. The molecule has 1 fully saturated rings. The van der Waals surface area contributed by atoms with E-state index in [2.05, 4.69) is 66.4 Å². The number of methoxy groups -OCH3 is 2. The van der Waals surface area contributed by atoms with Gasteiger partial charge in [0.15, 0.2) is 0 Å². The highest BCUT2D eigenvalue weighted by atomic mass is 32.1. The molecule has 33 nitrogen and oxygen atoms in total. The van der Waals surface area contributed by atoms with E-state index in [0.29, 0.717) is 147 Å². The summed E-state index contributed by atoms with van der Waals surface area (Å²) in [5, 5.41) is 30.3. The molecule has 0 saturated carbocycles. The number of rotatable bonds is 52. The average Bonchev–Trinajstić information content (AvgIpc) is 1.26. The van der Waals surface area contributed by atoms with E-state index in [0.717, 1.165) is 10.6 Å². The van der Waals surface area contributed by atoms with Crippen LogP contribution in [0, 0.1) is 29.6 Å². The number of nitrogens with zero attached hydrogens (tertiary/aromatic N) is 7. The van der Waals surface area contributed by atoms with Crippen LogP contribution in [0.4, 0.5) is 15.3 Å². The number of hydrogen-bond donors (Lipinski definition) is 8. The van der Waals surface area contributed by atoms with Crippen LogP contribution in [0.5, 0.6) is 0 Å². The van der Waals surface area contributed by atoms with Crippen molar-refractivity contribution < 1.29 is 85.8 Å². The second-order valence-corrected chi connectivity index (χ2v) is 30.3. The third kappa shape index (κ3) is 35.1. The minimum absolute atomic E-state index is 0.0101. The first-order chi connectivity index (χ1) is 54.4. The topological polar surface area (TPSA) is 408 Å². The molecule has 2 aromatic carbocycles. The normalized spacial score (nSPS) is 15.3. The highest BCUT2D eigenvalue weighted by molar-refractivity contribution is 7.09. The first-order valence-corrected chi connectivity index (χ1v) is 40.4. The van der Waals surface area contributed by atoms with Crippen LogP contribution in [-0.2, 0) is 102 Å². The van der Waals surface area contributed by atoms with Gasteiger partial charge in [0.2, 0.25) is 47.3 Å². The van der Waals surface area contributed by atoms with Gasteiger partial charge >= 0.3 is 12.1 Å². The zero-order valence-corrected chi connectivity index (χ0v) is 70.6. The summed E-state index contributed by atoms with van der Waals surface area (Å²) in [7, 11) is 7.81. The summed E-state index contributed by atoms with van der Waals surface area (Å²) in [6.45, 7) is 25.9. The second-order valence-electron chi connectivity index (χ2n) is 29.4. The minimum atomic E-state index is -1.03. The predicted octanol–water partition coefficient (Wildman–Crippen LogP) is 6.34. The van der Waals surface area contributed by atoms with Gasteiger partial charge in [-0.1, -0.05) is 116 Å². The Morgan fingerprint density at radius 2 is 1.33 bits per heavy atom. The molecule has 0 bridgehead atoms. The summed E-state index contributed by atoms with van der Waals surface area (Å²) in [4.78, 5) is 139. The number of nitrogens with two attached hydrogens (primary N) is 1. The van der Waals surface area contributed by atoms with Gasteiger partial charge in [-0.2, -0.15) is 0 Å². The van der Waals surface area contributed by atoms with Gasteiger partial charge in [-0.15, -0.1) is 16.4 Å². The molecule has 114 heavy (non-hydrogen) atoms. The van der Waals surface area contributed by atoms with Gasteiger partial charge in [0.1, 0.15) is 35.4 Å². The molecule has 0 spiro atoms. The van der Waals surface area contributed by atoms with Crippen LogP contribution in [0.3, 0.4) is 0 Å². The molecule has 638 valence electrons. The minimum Gasteiger partial charge on any atom is -0.445 e. The van der Waals surface area contributed by atoms with Gasteiger partial charge in [-0.3, -0.25) is 43.3 Å². The Kier molecular flexibility index (Phi) is 45.7. The van der Waals surface area contributed by atoms with Crippen LogP contribution in [0.15, 0.2) is 72.4 Å². The number of aromatic nitrogens is 4. The zero-order valence-electron chi connectivity index (χ0n) is 69.7. The van der Waals surface area contributed by atoms with Gasteiger partial charge in [0.05, 0.1) is 121 Å². The second kappa shape index (κ2) is 53.4. The summed E-state index contributed by atoms with van der Waals surface area (Å²) in [6, 6.07) is 11.7. The molecule has 11 unspecified atom stereocenters. The number of carbonyl (C=O) groups is 10. The average molecular weight is 1620 g/mol. The molecule has 3 heterocycles. The van der Waals surface area contributed by atoms with Crippen molar-refractivity contribution in [2.45, 2.75) is 208 Å². The van der Waals surface area contributed by atoms with Crippen molar-refractivity contribution >= 4 is 76.4 Å². The lowest BCUT2D eigenvalue weighted by atomic mass is 9.89. The molecule has 1 saturated heterocycles. The van der Waals surface area contributed by atoms with E-state index >= 15 is 0 Å². The van der Waals surface area contributed by atoms with Crippen LogP contribution < -0.4 is 43.0 Å². The Morgan fingerprint density at radius 1 is 0.693 bits per heavy atom. The van der Waals surface area contributed by atoms with Crippen LogP contribution in [0.25, 0.3) is 0 Å². The maximum absolute atomic E-state index is 14.7. The molecule has 0 radical (unpaired) electrons. The van der Waals surface area contributed by atoms with Gasteiger partial charge in [0.25, 0.3) is 0 Å². The van der Waals surface area contributed by atoms with E-state index in [9.17, 15) is 47.9 Å². The van der Waals surface area contributed by atoms with Gasteiger partial charge in [-0.25, -0.2) is 19.3 Å². The monoisotopic (exact) mass is 1620 g/mol. The first kappa shape index (κ1) is 97.6. The number of likely N-dealkylation sites (tertiary alicyclic amines) is 1. The lowest BCUT2D eigenvalue weighted by Crippen LogP contribution is -2.60. The zero-order chi connectivity index (χ0) is 84.2. The summed E-state index contributed by atoms with van der Waals surface area (Å²) < 4.78 is 46.7. The largest absolute Gasteiger partial charge is 0.445 e. The number of hydrogen-bond acceptors (Lipinski definition) is 22. The van der Waals surface area contributed by atoms with E-state index in [-0.39, 0.29) is 79.4 Å². The summed E-state index contributed by atoms with van der Waals surface area (Å²) in [6.07, 6.45) is 5.22. The van der Waals surface area contributed by atoms with Crippen molar-refractivity contribution in [2.24, 2.45) is 35.3 Å². The summed E-state index contributed by atoms with van der Waals surface area (Å²) >= 11 is 1.48. The van der Waals surface area contributed by atoms with E-state index in [4.69, 9.17) is 43.6 Å². The fourth-order valence-electron chi connectivity index (χ4n) is 12.8. The molecule has 34 heteroatoms. The van der Waals surface area contributed by atoms with Crippen LogP contribution in [-0.4, -0.2) is 250 Å². The molecule has 11 amide bonds. The maximum atomic E-state index is 14.7. The summed E-state index contributed by atoms with van der Waals surface area (Å²) in [5.41, 5.74) is 7.90. The Hall–Kier alpha value is -8.77. The molecular weight excluding hydrogens is 1490 g/mol. The molecular formula is C80H129N15O18S. The lowest BCUT2D eigenvalue weighted by Gasteiger charge is -2.41. The Bertz CT molecular complexity index is 3500. The maximum Gasteiger partial charge on any atom is 0.410 e. The van der Waals surface area contributed by atoms with Crippen LogP contribution in [0.1, 0.15) is 155 Å². The van der Waals surface area contributed by atoms with Crippen LogP contribution >= 0.6 is 11.3 Å². The molecule has 9 N–H and O–H groups in total. The summed E-state index contributed by atoms with van der Waals surface area (Å²) in [5.74, 6) is -3.39. The van der Waals surface area contributed by atoms with E-state index < -0.39 is 84.1 Å². The van der Waals surface area contributed by atoms with Gasteiger partial charge in [0, 0.05) is 91.5 Å². The molecule has 4 aromatic rings. The Morgan fingerprint density at radius 3 is 1.91 bits per heavy atom. The number of likely N-dealkylation sites (N-methyl/N-ethyl adjacent to an activating group) is 2. The van der Waals surface area contributed by atoms with E-state index in [1.54, 1.807) is 86.2 Å². The van der Waals surface area contributed by atoms with Crippen molar-refractivity contribution in [1.29, 1.82) is 0 Å². The fraction of sp³-hybridized carbons (Fsp3) is 0.662.